The standard InChI is InChI=1S/C20H26N2O7S2/c1-4-22(5-2)11-10-14-6-8-17(19(12-14)31(21,27)28)29-16-9-7-15(20(23)24)13-18(16)30(3,25)26/h6-9,12-13H,4-5,10-11H2,1-3H3,(H,23,24)(H2,21,27,28). The molecule has 9 nitrogen and oxygen atoms in total. The van der Waals surface area contributed by atoms with Crippen molar-refractivity contribution in [3.8, 4) is 11.5 Å². The zero-order valence-corrected chi connectivity index (χ0v) is 19.2. The van der Waals surface area contributed by atoms with Crippen LogP contribution in [0.25, 0.3) is 0 Å². The third kappa shape index (κ3) is 6.50. The molecule has 11 heteroatoms. The molecule has 0 unspecified atom stereocenters. The van der Waals surface area contributed by atoms with E-state index < -0.39 is 25.8 Å². The summed E-state index contributed by atoms with van der Waals surface area (Å²) in [6.07, 6.45) is 1.49. The molecule has 0 aromatic heterocycles. The van der Waals surface area contributed by atoms with E-state index in [0.717, 1.165) is 37.5 Å². The van der Waals surface area contributed by atoms with Gasteiger partial charge in [-0.15, -0.1) is 0 Å². The number of hydrogen-bond donors (Lipinski definition) is 2. The molecular weight excluding hydrogens is 444 g/mol. The van der Waals surface area contributed by atoms with Gasteiger partial charge in [-0.3, -0.25) is 0 Å². The van der Waals surface area contributed by atoms with E-state index in [-0.39, 0.29) is 26.9 Å². The molecule has 0 radical (unpaired) electrons. The Morgan fingerprint density at radius 1 is 1.00 bits per heavy atom. The van der Waals surface area contributed by atoms with Crippen molar-refractivity contribution in [3.05, 3.63) is 47.5 Å². The summed E-state index contributed by atoms with van der Waals surface area (Å²) >= 11 is 0. The highest BCUT2D eigenvalue weighted by Gasteiger charge is 2.22. The Balaban J connectivity index is 2.49. The molecule has 0 aliphatic heterocycles. The minimum atomic E-state index is -4.18. The van der Waals surface area contributed by atoms with Crippen molar-refractivity contribution in [2.45, 2.75) is 30.1 Å². The maximum atomic E-state index is 12.2. The summed E-state index contributed by atoms with van der Waals surface area (Å²) in [7, 11) is -8.04. The number of rotatable bonds is 10. The number of hydrogen-bond acceptors (Lipinski definition) is 7. The fourth-order valence-electron chi connectivity index (χ4n) is 2.98. The summed E-state index contributed by atoms with van der Waals surface area (Å²) in [5.41, 5.74) is 0.485. The number of nitrogens with zero attached hydrogens (tertiary/aromatic N) is 1. The van der Waals surface area contributed by atoms with E-state index in [1.54, 1.807) is 6.07 Å². The van der Waals surface area contributed by atoms with E-state index >= 15 is 0 Å². The molecule has 0 spiro atoms. The van der Waals surface area contributed by atoms with Gasteiger partial charge in [0.1, 0.15) is 21.3 Å². The van der Waals surface area contributed by atoms with Crippen LogP contribution in [0, 0.1) is 0 Å². The van der Waals surface area contributed by atoms with Crippen molar-refractivity contribution >= 4 is 25.8 Å². The first-order chi connectivity index (χ1) is 14.4. The molecule has 0 bridgehead atoms. The molecule has 170 valence electrons. The smallest absolute Gasteiger partial charge is 0.335 e. The second-order valence-corrected chi connectivity index (χ2v) is 10.5. The molecule has 2 rings (SSSR count). The Hall–Kier alpha value is -2.47. The van der Waals surface area contributed by atoms with Gasteiger partial charge in [-0.25, -0.2) is 26.8 Å². The monoisotopic (exact) mass is 470 g/mol. The first kappa shape index (κ1) is 24.8. The molecule has 0 aliphatic carbocycles. The first-order valence-corrected chi connectivity index (χ1v) is 12.9. The van der Waals surface area contributed by atoms with Gasteiger partial charge in [-0.1, -0.05) is 19.9 Å². The number of carbonyl (C=O) groups is 1. The summed E-state index contributed by atoms with van der Waals surface area (Å²) < 4.78 is 54.2. The topological polar surface area (TPSA) is 144 Å². The van der Waals surface area contributed by atoms with Crippen molar-refractivity contribution in [2.75, 3.05) is 25.9 Å². The fourth-order valence-corrected chi connectivity index (χ4v) is 4.50. The van der Waals surface area contributed by atoms with Crippen LogP contribution in [0.1, 0.15) is 29.8 Å². The fraction of sp³-hybridized carbons (Fsp3) is 0.350. The van der Waals surface area contributed by atoms with Crippen molar-refractivity contribution in [3.63, 3.8) is 0 Å². The predicted molar refractivity (Wildman–Crippen MR) is 116 cm³/mol. The minimum Gasteiger partial charge on any atom is -0.478 e. The zero-order valence-electron chi connectivity index (χ0n) is 17.5. The molecule has 0 atom stereocenters. The van der Waals surface area contributed by atoms with Gasteiger partial charge in [0.05, 0.1) is 5.56 Å². The predicted octanol–water partition coefficient (Wildman–Crippen LogP) is 2.11. The van der Waals surface area contributed by atoms with E-state index in [2.05, 4.69) is 4.90 Å². The summed E-state index contributed by atoms with van der Waals surface area (Å²) in [6, 6.07) is 7.79. The number of aromatic carboxylic acids is 1. The highest BCUT2D eigenvalue weighted by Crippen LogP contribution is 2.34. The molecule has 0 fully saturated rings. The van der Waals surface area contributed by atoms with Crippen LogP contribution in [0.4, 0.5) is 0 Å². The van der Waals surface area contributed by atoms with E-state index in [0.29, 0.717) is 6.42 Å². The highest BCUT2D eigenvalue weighted by molar-refractivity contribution is 7.90. The number of nitrogens with two attached hydrogens (primary N) is 1. The Morgan fingerprint density at radius 2 is 1.58 bits per heavy atom. The number of ether oxygens (including phenoxy) is 1. The number of carboxylic acid groups (broad SMARTS) is 1. The molecule has 0 saturated carbocycles. The van der Waals surface area contributed by atoms with Gasteiger partial charge in [0, 0.05) is 12.8 Å². The second kappa shape index (κ2) is 9.77. The lowest BCUT2D eigenvalue weighted by Gasteiger charge is -2.18. The average Bonchev–Trinajstić information content (AvgIpc) is 2.68. The molecular formula is C20H26N2O7S2. The van der Waals surface area contributed by atoms with Gasteiger partial charge in [-0.2, -0.15) is 0 Å². The Bertz CT molecular complexity index is 1170. The van der Waals surface area contributed by atoms with E-state index in [4.69, 9.17) is 15.0 Å². The summed E-state index contributed by atoms with van der Waals surface area (Å²) in [5, 5.41) is 14.5. The molecule has 0 heterocycles. The van der Waals surface area contributed by atoms with Gasteiger partial charge in [0.2, 0.25) is 10.0 Å². The van der Waals surface area contributed by atoms with Gasteiger partial charge in [-0.05, 0) is 55.4 Å². The van der Waals surface area contributed by atoms with Crippen molar-refractivity contribution < 1.29 is 31.5 Å². The van der Waals surface area contributed by atoms with Gasteiger partial charge in [0.25, 0.3) is 0 Å². The quantitative estimate of drug-likeness (QED) is 0.537. The van der Waals surface area contributed by atoms with E-state index in [1.165, 1.54) is 24.3 Å². The second-order valence-electron chi connectivity index (χ2n) is 6.94. The van der Waals surface area contributed by atoms with Crippen molar-refractivity contribution in [2.24, 2.45) is 5.14 Å². The summed E-state index contributed by atoms with van der Waals surface area (Å²) in [6.45, 7) is 6.52. The molecule has 31 heavy (non-hydrogen) atoms. The SMILES string of the molecule is CCN(CC)CCc1ccc(Oc2ccc(C(=O)O)cc2S(C)(=O)=O)c(S(N)(=O)=O)c1. The number of likely N-dealkylation sites (N-methyl/N-ethyl adjacent to an activating group) is 1. The number of sulfone groups is 1. The number of primary sulfonamides is 1. The lowest BCUT2D eigenvalue weighted by Crippen LogP contribution is -2.25. The minimum absolute atomic E-state index is 0.151. The normalized spacial score (nSPS) is 12.2. The summed E-state index contributed by atoms with van der Waals surface area (Å²) in [4.78, 5) is 12.7. The lowest BCUT2D eigenvalue weighted by molar-refractivity contribution is 0.0696. The molecule has 2 aromatic rings. The number of benzene rings is 2. The van der Waals surface area contributed by atoms with Crippen LogP contribution in [-0.2, 0) is 26.3 Å². The molecule has 0 amide bonds. The Kier molecular flexibility index (Phi) is 7.82. The van der Waals surface area contributed by atoms with Gasteiger partial charge < -0.3 is 14.7 Å². The van der Waals surface area contributed by atoms with Crippen LogP contribution in [0.15, 0.2) is 46.2 Å². The third-order valence-electron chi connectivity index (χ3n) is 4.74. The molecule has 3 N–H and O–H groups in total. The maximum absolute atomic E-state index is 12.2. The van der Waals surface area contributed by atoms with Crippen LogP contribution >= 0.6 is 0 Å². The summed E-state index contributed by atoms with van der Waals surface area (Å²) in [5.74, 6) is -1.66. The first-order valence-electron chi connectivity index (χ1n) is 9.50. The number of carboxylic acids is 1. The number of sulfonamides is 1. The molecule has 0 saturated heterocycles. The van der Waals surface area contributed by atoms with Crippen LogP contribution in [0.3, 0.4) is 0 Å². The average molecular weight is 471 g/mol. The largest absolute Gasteiger partial charge is 0.478 e. The van der Waals surface area contributed by atoms with Crippen LogP contribution in [-0.4, -0.2) is 58.7 Å². The molecule has 2 aromatic carbocycles. The van der Waals surface area contributed by atoms with E-state index in [9.17, 15) is 21.6 Å². The third-order valence-corrected chi connectivity index (χ3v) is 6.79. The van der Waals surface area contributed by atoms with Crippen molar-refractivity contribution in [1.29, 1.82) is 0 Å². The van der Waals surface area contributed by atoms with E-state index in [1.807, 2.05) is 13.8 Å². The van der Waals surface area contributed by atoms with Gasteiger partial charge >= 0.3 is 5.97 Å². The Labute approximate surface area is 182 Å². The Morgan fingerprint density at radius 3 is 2.10 bits per heavy atom. The molecule has 0 aliphatic rings. The van der Waals surface area contributed by atoms with Crippen LogP contribution < -0.4 is 9.88 Å². The van der Waals surface area contributed by atoms with Gasteiger partial charge in [0.15, 0.2) is 9.84 Å². The van der Waals surface area contributed by atoms with Crippen LogP contribution in [0.2, 0.25) is 0 Å². The van der Waals surface area contributed by atoms with Crippen molar-refractivity contribution in [1.82, 2.24) is 4.90 Å². The zero-order chi connectivity index (χ0) is 23.4. The van der Waals surface area contributed by atoms with Crippen LogP contribution in [0.5, 0.6) is 11.5 Å². The lowest BCUT2D eigenvalue weighted by atomic mass is 10.1. The highest BCUT2D eigenvalue weighted by atomic mass is 32.2. The maximum Gasteiger partial charge on any atom is 0.335 e.